The molecule has 76 valence electrons. The lowest BCUT2D eigenvalue weighted by Crippen LogP contribution is -2.15. The van der Waals surface area contributed by atoms with Gasteiger partial charge in [0.1, 0.15) is 10.7 Å². The Hall–Kier alpha value is -1.34. The van der Waals surface area contributed by atoms with E-state index in [0.717, 1.165) is 0 Å². The summed E-state index contributed by atoms with van der Waals surface area (Å²) in [5.41, 5.74) is 5.62. The largest absolute Gasteiger partial charge is 0.409 e. The molecule has 1 rings (SSSR count). The minimum absolute atomic E-state index is 0.0730. The number of thioether (sulfide) groups is 1. The molecule has 0 aromatic carbocycles. The van der Waals surface area contributed by atoms with E-state index in [9.17, 15) is 0 Å². The van der Waals surface area contributed by atoms with Crippen LogP contribution in [0.3, 0.4) is 0 Å². The van der Waals surface area contributed by atoms with Crippen LogP contribution in [0.5, 0.6) is 0 Å². The predicted molar refractivity (Wildman–Crippen MR) is 52.4 cm³/mol. The number of aliphatic hydroxyl groups excluding tert-OH is 1. The molecule has 0 fully saturated rings. The Morgan fingerprint density at radius 2 is 2.29 bits per heavy atom. The Bertz CT molecular complexity index is 314. The number of nitrogens with zero attached hydrogens (tertiary/aromatic N) is 3. The summed E-state index contributed by atoms with van der Waals surface area (Å²) in [5, 5.41) is 20.4. The first-order chi connectivity index (χ1) is 6.77. The van der Waals surface area contributed by atoms with Gasteiger partial charge in [-0.2, -0.15) is 0 Å². The van der Waals surface area contributed by atoms with E-state index in [1.165, 1.54) is 24.2 Å². The summed E-state index contributed by atoms with van der Waals surface area (Å²) < 4.78 is 0. The van der Waals surface area contributed by atoms with Crippen LogP contribution < -0.4 is 5.73 Å². The molecule has 0 amide bonds. The minimum atomic E-state index is -0.0730. The molecule has 0 spiro atoms. The maximum Gasteiger partial charge on any atom is 0.190 e. The van der Waals surface area contributed by atoms with Crippen LogP contribution in [0.2, 0.25) is 0 Å². The number of amidine groups is 1. The van der Waals surface area contributed by atoms with E-state index < -0.39 is 0 Å². The zero-order chi connectivity index (χ0) is 10.4. The maximum atomic E-state index is 8.57. The van der Waals surface area contributed by atoms with Crippen LogP contribution >= 0.6 is 11.8 Å². The zero-order valence-corrected chi connectivity index (χ0v) is 8.11. The van der Waals surface area contributed by atoms with E-state index in [1.807, 2.05) is 0 Å². The summed E-state index contributed by atoms with van der Waals surface area (Å²) in [6.07, 6.45) is 2.92. The SMILES string of the molecule is NC(=NO)c1cnc(SCCO)cn1. The Labute approximate surface area is 84.9 Å². The fraction of sp³-hybridized carbons (Fsp3) is 0.286. The molecule has 4 N–H and O–H groups in total. The quantitative estimate of drug-likeness (QED) is 0.208. The summed E-state index contributed by atoms with van der Waals surface area (Å²) in [4.78, 5) is 7.92. The highest BCUT2D eigenvalue weighted by molar-refractivity contribution is 7.99. The van der Waals surface area contributed by atoms with Crippen molar-refractivity contribution in [2.75, 3.05) is 12.4 Å². The molecule has 1 aromatic heterocycles. The standard InChI is InChI=1S/C7H10N4O2S/c8-7(11-13)5-3-10-6(4-9-5)14-2-1-12/h3-4,12-13H,1-2H2,(H2,8,11). The van der Waals surface area contributed by atoms with Gasteiger partial charge >= 0.3 is 0 Å². The molecule has 0 aliphatic rings. The van der Waals surface area contributed by atoms with Crippen molar-refractivity contribution in [1.82, 2.24) is 9.97 Å². The second-order valence-corrected chi connectivity index (χ2v) is 3.41. The number of rotatable bonds is 4. The van der Waals surface area contributed by atoms with E-state index in [-0.39, 0.29) is 12.4 Å². The van der Waals surface area contributed by atoms with Gasteiger partial charge in [-0.25, -0.2) is 9.97 Å². The molecule has 14 heavy (non-hydrogen) atoms. The van der Waals surface area contributed by atoms with E-state index >= 15 is 0 Å². The lowest BCUT2D eigenvalue weighted by molar-refractivity contribution is 0.318. The van der Waals surface area contributed by atoms with Gasteiger partial charge in [0.15, 0.2) is 5.84 Å². The van der Waals surface area contributed by atoms with Crippen LogP contribution in [-0.2, 0) is 0 Å². The molecule has 0 saturated carbocycles. The van der Waals surface area contributed by atoms with Gasteiger partial charge in [0.05, 0.1) is 19.0 Å². The van der Waals surface area contributed by atoms with Crippen LogP contribution in [0.1, 0.15) is 5.69 Å². The molecule has 0 bridgehead atoms. The van der Waals surface area contributed by atoms with Crippen molar-refractivity contribution in [3.63, 3.8) is 0 Å². The normalized spacial score (nSPS) is 11.6. The first kappa shape index (κ1) is 10.7. The monoisotopic (exact) mass is 214 g/mol. The summed E-state index contributed by atoms with van der Waals surface area (Å²) in [5.74, 6) is 0.494. The molecule has 1 heterocycles. The average Bonchev–Trinajstić information content (AvgIpc) is 2.26. The Kier molecular flexibility index (Phi) is 4.14. The molecule has 7 heteroatoms. The van der Waals surface area contributed by atoms with Gasteiger partial charge in [-0.05, 0) is 0 Å². The van der Waals surface area contributed by atoms with E-state index in [1.54, 1.807) is 0 Å². The zero-order valence-electron chi connectivity index (χ0n) is 7.29. The average molecular weight is 214 g/mol. The number of aromatic nitrogens is 2. The summed E-state index contributed by atoms with van der Waals surface area (Å²) in [7, 11) is 0. The van der Waals surface area contributed by atoms with Crippen LogP contribution in [0.25, 0.3) is 0 Å². The predicted octanol–water partition coefficient (Wildman–Crippen LogP) is -0.345. The summed E-state index contributed by atoms with van der Waals surface area (Å²) in [6, 6.07) is 0. The molecule has 6 nitrogen and oxygen atoms in total. The van der Waals surface area contributed by atoms with Crippen LogP contribution in [0.15, 0.2) is 22.6 Å². The van der Waals surface area contributed by atoms with Crippen LogP contribution in [0.4, 0.5) is 0 Å². The summed E-state index contributed by atoms with van der Waals surface area (Å²) in [6.45, 7) is 0.0916. The molecule has 0 saturated heterocycles. The Balaban J connectivity index is 2.68. The molecule has 1 aromatic rings. The first-order valence-electron chi connectivity index (χ1n) is 3.81. The van der Waals surface area contributed by atoms with Crippen LogP contribution in [-0.4, -0.2) is 38.5 Å². The lowest BCUT2D eigenvalue weighted by Gasteiger charge is -1.99. The Morgan fingerprint density at radius 3 is 2.79 bits per heavy atom. The van der Waals surface area contributed by atoms with Gasteiger partial charge in [0.25, 0.3) is 0 Å². The van der Waals surface area contributed by atoms with Crippen molar-refractivity contribution in [2.45, 2.75) is 5.03 Å². The van der Waals surface area contributed by atoms with Gasteiger partial charge < -0.3 is 16.0 Å². The number of aliphatic hydroxyl groups is 1. The first-order valence-corrected chi connectivity index (χ1v) is 4.80. The van der Waals surface area contributed by atoms with Crippen molar-refractivity contribution in [3.05, 3.63) is 18.1 Å². The third-order valence-corrected chi connectivity index (χ3v) is 2.23. The van der Waals surface area contributed by atoms with E-state index in [0.29, 0.717) is 16.5 Å². The van der Waals surface area contributed by atoms with Gasteiger partial charge in [0.2, 0.25) is 0 Å². The Morgan fingerprint density at radius 1 is 1.50 bits per heavy atom. The van der Waals surface area contributed by atoms with Crippen molar-refractivity contribution in [2.24, 2.45) is 10.9 Å². The molecule has 0 aliphatic carbocycles. The van der Waals surface area contributed by atoms with Gasteiger partial charge in [-0.15, -0.1) is 11.8 Å². The second-order valence-electron chi connectivity index (χ2n) is 2.30. The van der Waals surface area contributed by atoms with Gasteiger partial charge in [0, 0.05) is 5.75 Å². The number of oxime groups is 1. The van der Waals surface area contributed by atoms with Crippen molar-refractivity contribution in [3.8, 4) is 0 Å². The number of nitrogens with two attached hydrogens (primary N) is 1. The van der Waals surface area contributed by atoms with Crippen molar-refractivity contribution in [1.29, 1.82) is 0 Å². The smallest absolute Gasteiger partial charge is 0.190 e. The molecular weight excluding hydrogens is 204 g/mol. The molecule has 0 unspecified atom stereocenters. The molecule has 0 atom stereocenters. The maximum absolute atomic E-state index is 8.57. The highest BCUT2D eigenvalue weighted by Gasteiger charge is 2.01. The third-order valence-electron chi connectivity index (χ3n) is 1.34. The van der Waals surface area contributed by atoms with E-state index in [2.05, 4.69) is 15.1 Å². The fourth-order valence-corrected chi connectivity index (χ4v) is 1.28. The molecular formula is C7H10N4O2S. The fourth-order valence-electron chi connectivity index (χ4n) is 0.724. The number of hydrogen-bond donors (Lipinski definition) is 3. The molecule has 0 radical (unpaired) electrons. The van der Waals surface area contributed by atoms with Crippen LogP contribution in [0, 0.1) is 0 Å². The summed E-state index contributed by atoms with van der Waals surface area (Å²) >= 11 is 1.38. The van der Waals surface area contributed by atoms with Crippen molar-refractivity contribution < 1.29 is 10.3 Å². The van der Waals surface area contributed by atoms with E-state index in [4.69, 9.17) is 16.0 Å². The number of hydrogen-bond acceptors (Lipinski definition) is 6. The third kappa shape index (κ3) is 2.86. The molecule has 0 aliphatic heterocycles. The van der Waals surface area contributed by atoms with Gasteiger partial charge in [-0.1, -0.05) is 5.16 Å². The van der Waals surface area contributed by atoms with Gasteiger partial charge in [-0.3, -0.25) is 0 Å². The second kappa shape index (κ2) is 5.40. The lowest BCUT2D eigenvalue weighted by atomic mass is 10.4. The minimum Gasteiger partial charge on any atom is -0.409 e. The highest BCUT2D eigenvalue weighted by Crippen LogP contribution is 2.12. The van der Waals surface area contributed by atoms with Crippen molar-refractivity contribution >= 4 is 17.6 Å². The topological polar surface area (TPSA) is 105 Å². The highest BCUT2D eigenvalue weighted by atomic mass is 32.2.